The van der Waals surface area contributed by atoms with Crippen LogP contribution >= 0.6 is 0 Å². The van der Waals surface area contributed by atoms with Crippen LogP contribution in [0.3, 0.4) is 0 Å². The molecule has 0 aliphatic carbocycles. The van der Waals surface area contributed by atoms with E-state index in [4.69, 9.17) is 4.74 Å². The maximum atomic E-state index is 5.10. The van der Waals surface area contributed by atoms with Crippen LogP contribution in [0.4, 0.5) is 0 Å². The molecule has 0 saturated carbocycles. The minimum atomic E-state index is 0.645. The standard InChI is InChI=1S/C8H16N2O/c1-10-3-2-7(4-10)9-8-5-11-6-8/h7-9H,2-6H2,1H3. The lowest BCUT2D eigenvalue weighted by Gasteiger charge is -2.29. The smallest absolute Gasteiger partial charge is 0.0643 e. The minimum Gasteiger partial charge on any atom is -0.378 e. The van der Waals surface area contributed by atoms with E-state index in [-0.39, 0.29) is 0 Å². The predicted molar refractivity (Wildman–Crippen MR) is 43.6 cm³/mol. The van der Waals surface area contributed by atoms with Gasteiger partial charge in [0.25, 0.3) is 0 Å². The largest absolute Gasteiger partial charge is 0.378 e. The third-order valence-electron chi connectivity index (χ3n) is 2.50. The molecule has 11 heavy (non-hydrogen) atoms. The van der Waals surface area contributed by atoms with Crippen LogP contribution in [-0.2, 0) is 4.74 Å². The van der Waals surface area contributed by atoms with E-state index in [2.05, 4.69) is 17.3 Å². The second-order valence-electron chi connectivity index (χ2n) is 3.65. The van der Waals surface area contributed by atoms with Crippen LogP contribution in [0.1, 0.15) is 6.42 Å². The fourth-order valence-corrected chi connectivity index (χ4v) is 1.74. The molecule has 1 atom stereocenters. The van der Waals surface area contributed by atoms with Gasteiger partial charge in [-0.25, -0.2) is 0 Å². The molecule has 0 amide bonds. The fraction of sp³-hybridized carbons (Fsp3) is 1.00. The van der Waals surface area contributed by atoms with Crippen molar-refractivity contribution in [2.24, 2.45) is 0 Å². The average molecular weight is 156 g/mol. The van der Waals surface area contributed by atoms with Gasteiger partial charge in [0.2, 0.25) is 0 Å². The highest BCUT2D eigenvalue weighted by Crippen LogP contribution is 2.09. The first-order valence-electron chi connectivity index (χ1n) is 4.37. The van der Waals surface area contributed by atoms with Crippen molar-refractivity contribution < 1.29 is 4.74 Å². The van der Waals surface area contributed by atoms with E-state index in [0.717, 1.165) is 13.2 Å². The van der Waals surface area contributed by atoms with Crippen LogP contribution in [0.5, 0.6) is 0 Å². The van der Waals surface area contributed by atoms with Gasteiger partial charge < -0.3 is 15.0 Å². The Morgan fingerprint density at radius 3 is 2.64 bits per heavy atom. The molecule has 2 aliphatic rings. The summed E-state index contributed by atoms with van der Waals surface area (Å²) < 4.78 is 5.10. The van der Waals surface area contributed by atoms with Gasteiger partial charge in [0, 0.05) is 12.6 Å². The zero-order chi connectivity index (χ0) is 7.68. The number of hydrogen-bond acceptors (Lipinski definition) is 3. The van der Waals surface area contributed by atoms with E-state index in [1.807, 2.05) is 0 Å². The first-order valence-corrected chi connectivity index (χ1v) is 4.37. The molecule has 0 aromatic carbocycles. The minimum absolute atomic E-state index is 0.645. The third-order valence-corrected chi connectivity index (χ3v) is 2.50. The van der Waals surface area contributed by atoms with E-state index in [9.17, 15) is 0 Å². The molecular weight excluding hydrogens is 140 g/mol. The van der Waals surface area contributed by atoms with Gasteiger partial charge in [0.1, 0.15) is 0 Å². The Balaban J connectivity index is 1.70. The summed E-state index contributed by atoms with van der Waals surface area (Å²) in [5, 5.41) is 3.58. The summed E-state index contributed by atoms with van der Waals surface area (Å²) >= 11 is 0. The van der Waals surface area contributed by atoms with Crippen LogP contribution in [0.25, 0.3) is 0 Å². The van der Waals surface area contributed by atoms with Crippen molar-refractivity contribution in [3.8, 4) is 0 Å². The Bertz CT molecular complexity index is 136. The van der Waals surface area contributed by atoms with Crippen LogP contribution in [0.15, 0.2) is 0 Å². The number of rotatable bonds is 2. The second-order valence-corrected chi connectivity index (χ2v) is 3.65. The van der Waals surface area contributed by atoms with Crippen molar-refractivity contribution in [3.05, 3.63) is 0 Å². The predicted octanol–water partition coefficient (Wildman–Crippen LogP) is -0.321. The van der Waals surface area contributed by atoms with Crippen LogP contribution in [0, 0.1) is 0 Å². The van der Waals surface area contributed by atoms with Gasteiger partial charge in [-0.15, -0.1) is 0 Å². The van der Waals surface area contributed by atoms with Gasteiger partial charge in [-0.1, -0.05) is 0 Å². The third kappa shape index (κ3) is 1.72. The first-order chi connectivity index (χ1) is 5.34. The van der Waals surface area contributed by atoms with Crippen molar-refractivity contribution in [1.29, 1.82) is 0 Å². The monoisotopic (exact) mass is 156 g/mol. The van der Waals surface area contributed by atoms with E-state index in [0.29, 0.717) is 12.1 Å². The Hall–Kier alpha value is -0.120. The van der Waals surface area contributed by atoms with Crippen molar-refractivity contribution >= 4 is 0 Å². The van der Waals surface area contributed by atoms with Crippen LogP contribution in [0.2, 0.25) is 0 Å². The molecule has 3 heteroatoms. The van der Waals surface area contributed by atoms with Gasteiger partial charge in [-0.2, -0.15) is 0 Å². The molecule has 0 aromatic heterocycles. The lowest BCUT2D eigenvalue weighted by molar-refractivity contribution is -0.00939. The van der Waals surface area contributed by atoms with Gasteiger partial charge >= 0.3 is 0 Å². The van der Waals surface area contributed by atoms with Crippen LogP contribution in [-0.4, -0.2) is 50.3 Å². The van der Waals surface area contributed by atoms with Crippen molar-refractivity contribution in [2.45, 2.75) is 18.5 Å². The SMILES string of the molecule is CN1CCC(NC2COC2)C1. The van der Waals surface area contributed by atoms with E-state index in [1.54, 1.807) is 0 Å². The highest BCUT2D eigenvalue weighted by molar-refractivity contribution is 4.84. The quantitative estimate of drug-likeness (QED) is 0.593. The Morgan fingerprint density at radius 1 is 1.36 bits per heavy atom. The molecule has 2 rings (SSSR count). The number of ether oxygens (including phenoxy) is 1. The molecule has 0 radical (unpaired) electrons. The molecule has 2 heterocycles. The van der Waals surface area contributed by atoms with Crippen molar-refractivity contribution in [3.63, 3.8) is 0 Å². The van der Waals surface area contributed by atoms with Crippen molar-refractivity contribution in [2.75, 3.05) is 33.4 Å². The molecule has 0 bridgehead atoms. The number of likely N-dealkylation sites (N-methyl/N-ethyl adjacent to an activating group) is 1. The van der Waals surface area contributed by atoms with Crippen LogP contribution < -0.4 is 5.32 Å². The average Bonchev–Trinajstić information content (AvgIpc) is 2.27. The highest BCUT2D eigenvalue weighted by atomic mass is 16.5. The number of likely N-dealkylation sites (tertiary alicyclic amines) is 1. The summed E-state index contributed by atoms with van der Waals surface area (Å²) in [7, 11) is 2.18. The molecule has 2 fully saturated rings. The number of nitrogens with zero attached hydrogens (tertiary/aromatic N) is 1. The Labute approximate surface area is 67.7 Å². The molecule has 64 valence electrons. The zero-order valence-electron chi connectivity index (χ0n) is 7.05. The summed E-state index contributed by atoms with van der Waals surface area (Å²) in [6.45, 7) is 4.28. The summed E-state index contributed by atoms with van der Waals surface area (Å²) in [5.74, 6) is 0. The van der Waals surface area contributed by atoms with E-state index >= 15 is 0 Å². The molecule has 3 nitrogen and oxygen atoms in total. The maximum absolute atomic E-state index is 5.10. The molecule has 1 N–H and O–H groups in total. The Kier molecular flexibility index (Phi) is 2.11. The lowest BCUT2D eigenvalue weighted by Crippen LogP contribution is -2.50. The molecule has 0 spiro atoms. The van der Waals surface area contributed by atoms with Gasteiger partial charge in [-0.3, -0.25) is 0 Å². The maximum Gasteiger partial charge on any atom is 0.0643 e. The second kappa shape index (κ2) is 3.09. The number of nitrogens with one attached hydrogen (secondary N) is 1. The first kappa shape index (κ1) is 7.53. The topological polar surface area (TPSA) is 24.5 Å². The highest BCUT2D eigenvalue weighted by Gasteiger charge is 2.25. The van der Waals surface area contributed by atoms with E-state index in [1.165, 1.54) is 19.5 Å². The normalized spacial score (nSPS) is 34.1. The molecule has 1 unspecified atom stereocenters. The van der Waals surface area contributed by atoms with E-state index < -0.39 is 0 Å². The zero-order valence-corrected chi connectivity index (χ0v) is 7.05. The molecule has 0 aromatic rings. The summed E-state index contributed by atoms with van der Waals surface area (Å²) in [4.78, 5) is 2.37. The summed E-state index contributed by atoms with van der Waals surface area (Å²) in [6, 6.07) is 1.36. The summed E-state index contributed by atoms with van der Waals surface area (Å²) in [6.07, 6.45) is 1.30. The molecular formula is C8H16N2O. The Morgan fingerprint density at radius 2 is 2.18 bits per heavy atom. The molecule has 2 aliphatic heterocycles. The fourth-order valence-electron chi connectivity index (χ4n) is 1.74. The van der Waals surface area contributed by atoms with Gasteiger partial charge in [0.05, 0.1) is 19.3 Å². The van der Waals surface area contributed by atoms with Gasteiger partial charge in [0.15, 0.2) is 0 Å². The lowest BCUT2D eigenvalue weighted by atomic mass is 10.2. The molecule has 2 saturated heterocycles. The summed E-state index contributed by atoms with van der Waals surface area (Å²) in [5.41, 5.74) is 0. The van der Waals surface area contributed by atoms with Crippen molar-refractivity contribution in [1.82, 2.24) is 10.2 Å². The van der Waals surface area contributed by atoms with Gasteiger partial charge in [-0.05, 0) is 20.0 Å². The number of hydrogen-bond donors (Lipinski definition) is 1.